The Kier molecular flexibility index (Phi) is 4.65. The molecule has 0 unspecified atom stereocenters. The average Bonchev–Trinajstić information content (AvgIpc) is 3.11. The van der Waals surface area contributed by atoms with Crippen molar-refractivity contribution in [2.75, 3.05) is 0 Å². The summed E-state index contributed by atoms with van der Waals surface area (Å²) in [6.45, 7) is 4.65. The van der Waals surface area contributed by atoms with Crippen LogP contribution in [0.4, 0.5) is 0 Å². The lowest BCUT2D eigenvalue weighted by Crippen LogP contribution is -2.23. The van der Waals surface area contributed by atoms with Crippen LogP contribution >= 0.6 is 0 Å². The topological polar surface area (TPSA) is 72.7 Å². The zero-order chi connectivity index (χ0) is 16.9. The van der Waals surface area contributed by atoms with Crippen LogP contribution in [0, 0.1) is 0 Å². The summed E-state index contributed by atoms with van der Waals surface area (Å²) < 4.78 is 1.60. The molecule has 0 atom stereocenters. The number of carbonyl (C=O) groups is 1. The van der Waals surface area contributed by atoms with E-state index in [-0.39, 0.29) is 11.6 Å². The fourth-order valence-electron chi connectivity index (χ4n) is 2.27. The number of hydrogen-bond acceptors (Lipinski definition) is 4. The van der Waals surface area contributed by atoms with E-state index >= 15 is 0 Å². The van der Waals surface area contributed by atoms with Crippen LogP contribution < -0.4 is 5.32 Å². The van der Waals surface area contributed by atoms with Gasteiger partial charge in [0.15, 0.2) is 5.69 Å². The Bertz CT molecular complexity index is 809. The van der Waals surface area contributed by atoms with E-state index in [0.717, 1.165) is 11.4 Å². The second-order valence-electron chi connectivity index (χ2n) is 5.80. The minimum Gasteiger partial charge on any atom is -0.345 e. The molecule has 0 aliphatic heterocycles. The Morgan fingerprint density at radius 3 is 2.62 bits per heavy atom. The molecular weight excluding hydrogens is 302 g/mol. The van der Waals surface area contributed by atoms with Gasteiger partial charge in [-0.25, -0.2) is 4.68 Å². The van der Waals surface area contributed by atoms with Gasteiger partial charge in [0.1, 0.15) is 0 Å². The molecule has 0 radical (unpaired) electrons. The first-order valence-electron chi connectivity index (χ1n) is 7.84. The van der Waals surface area contributed by atoms with Gasteiger partial charge in [-0.2, -0.15) is 0 Å². The molecule has 3 rings (SSSR count). The van der Waals surface area contributed by atoms with Crippen molar-refractivity contribution in [1.82, 2.24) is 25.3 Å². The molecule has 0 spiro atoms. The van der Waals surface area contributed by atoms with Crippen LogP contribution in [0.2, 0.25) is 0 Å². The van der Waals surface area contributed by atoms with E-state index in [1.165, 1.54) is 5.56 Å². The first-order valence-corrected chi connectivity index (χ1v) is 7.84. The molecule has 24 heavy (non-hydrogen) atoms. The molecule has 0 bridgehead atoms. The monoisotopic (exact) mass is 321 g/mol. The fraction of sp³-hybridized carbons (Fsp3) is 0.222. The van der Waals surface area contributed by atoms with Crippen molar-refractivity contribution in [3.8, 4) is 5.69 Å². The molecule has 1 amide bonds. The van der Waals surface area contributed by atoms with Gasteiger partial charge in [0.05, 0.1) is 24.1 Å². The maximum absolute atomic E-state index is 12.2. The molecule has 3 aromatic rings. The average molecular weight is 321 g/mol. The Labute approximate surface area is 140 Å². The molecule has 1 N–H and O–H groups in total. The van der Waals surface area contributed by atoms with Crippen LogP contribution in [0.25, 0.3) is 5.69 Å². The Morgan fingerprint density at radius 2 is 1.96 bits per heavy atom. The molecule has 6 heteroatoms. The minimum absolute atomic E-state index is 0.272. The zero-order valence-electron chi connectivity index (χ0n) is 13.7. The number of carbonyl (C=O) groups excluding carboxylic acids is 1. The van der Waals surface area contributed by atoms with Crippen molar-refractivity contribution >= 4 is 5.91 Å². The summed E-state index contributed by atoms with van der Waals surface area (Å²) in [5, 5.41) is 10.8. The molecule has 0 fully saturated rings. The molecule has 2 heterocycles. The van der Waals surface area contributed by atoms with Crippen LogP contribution in [-0.2, 0) is 6.54 Å². The highest BCUT2D eigenvalue weighted by Gasteiger charge is 2.11. The van der Waals surface area contributed by atoms with Crippen LogP contribution in [-0.4, -0.2) is 25.9 Å². The molecule has 2 aromatic heterocycles. The third-order valence-corrected chi connectivity index (χ3v) is 3.71. The largest absolute Gasteiger partial charge is 0.345 e. The van der Waals surface area contributed by atoms with Crippen LogP contribution in [0.5, 0.6) is 0 Å². The van der Waals surface area contributed by atoms with Gasteiger partial charge in [-0.05, 0) is 35.7 Å². The molecule has 0 saturated carbocycles. The van der Waals surface area contributed by atoms with Gasteiger partial charge in [0, 0.05) is 6.20 Å². The zero-order valence-corrected chi connectivity index (χ0v) is 13.7. The van der Waals surface area contributed by atoms with Gasteiger partial charge < -0.3 is 5.32 Å². The van der Waals surface area contributed by atoms with Crippen molar-refractivity contribution < 1.29 is 4.79 Å². The van der Waals surface area contributed by atoms with E-state index in [1.807, 2.05) is 30.3 Å². The number of nitrogens with zero attached hydrogens (tertiary/aromatic N) is 4. The van der Waals surface area contributed by atoms with E-state index < -0.39 is 0 Å². The fourth-order valence-corrected chi connectivity index (χ4v) is 2.27. The summed E-state index contributed by atoms with van der Waals surface area (Å²) in [7, 11) is 0. The van der Waals surface area contributed by atoms with Gasteiger partial charge in [0.2, 0.25) is 0 Å². The predicted molar refractivity (Wildman–Crippen MR) is 90.9 cm³/mol. The number of benzene rings is 1. The first-order chi connectivity index (χ1) is 11.6. The second kappa shape index (κ2) is 7.04. The van der Waals surface area contributed by atoms with Gasteiger partial charge in [-0.1, -0.05) is 37.3 Å². The first kappa shape index (κ1) is 15.9. The summed E-state index contributed by atoms with van der Waals surface area (Å²) in [6, 6.07) is 13.6. The summed E-state index contributed by atoms with van der Waals surface area (Å²) in [5.41, 5.74) is 3.20. The lowest BCUT2D eigenvalue weighted by molar-refractivity contribution is 0.0945. The quantitative estimate of drug-likeness (QED) is 0.784. The Balaban J connectivity index is 1.67. The third kappa shape index (κ3) is 3.65. The molecular formula is C18H19N5O. The molecule has 6 nitrogen and oxygen atoms in total. The van der Waals surface area contributed by atoms with Crippen LogP contribution in [0.3, 0.4) is 0 Å². The highest BCUT2D eigenvalue weighted by Crippen LogP contribution is 2.16. The van der Waals surface area contributed by atoms with Gasteiger partial charge in [0.25, 0.3) is 5.91 Å². The lowest BCUT2D eigenvalue weighted by Gasteiger charge is -2.06. The van der Waals surface area contributed by atoms with Gasteiger partial charge >= 0.3 is 0 Å². The van der Waals surface area contributed by atoms with Crippen LogP contribution in [0.15, 0.2) is 54.9 Å². The number of nitrogens with one attached hydrogen (secondary N) is 1. The molecule has 1 aromatic carbocycles. The smallest absolute Gasteiger partial charge is 0.273 e. The maximum atomic E-state index is 12.2. The van der Waals surface area contributed by atoms with Crippen molar-refractivity contribution in [2.24, 2.45) is 0 Å². The summed E-state index contributed by atoms with van der Waals surface area (Å²) >= 11 is 0. The van der Waals surface area contributed by atoms with Crippen molar-refractivity contribution in [3.63, 3.8) is 0 Å². The summed E-state index contributed by atoms with van der Waals surface area (Å²) in [5.74, 6) is 0.202. The maximum Gasteiger partial charge on any atom is 0.273 e. The molecule has 0 aliphatic rings. The standard InChI is InChI=1S/C18H19N5O/c1-13(2)14-6-8-16(9-7-14)23-12-17(21-22-23)18(24)20-11-15-5-3-4-10-19-15/h3-10,12-13H,11H2,1-2H3,(H,20,24). The van der Waals surface area contributed by atoms with Crippen molar-refractivity contribution in [3.05, 3.63) is 71.8 Å². The Hall–Kier alpha value is -3.02. The third-order valence-electron chi connectivity index (χ3n) is 3.71. The number of aromatic nitrogens is 4. The molecule has 0 saturated heterocycles. The molecule has 122 valence electrons. The molecule has 0 aliphatic carbocycles. The summed E-state index contributed by atoms with van der Waals surface area (Å²) in [6.07, 6.45) is 3.32. The highest BCUT2D eigenvalue weighted by molar-refractivity contribution is 5.91. The van der Waals surface area contributed by atoms with E-state index in [4.69, 9.17) is 0 Å². The number of pyridine rings is 1. The van der Waals surface area contributed by atoms with Crippen LogP contribution in [0.1, 0.15) is 41.5 Å². The van der Waals surface area contributed by atoms with E-state index in [9.17, 15) is 4.79 Å². The number of rotatable bonds is 5. The SMILES string of the molecule is CC(C)c1ccc(-n2cc(C(=O)NCc3ccccn3)nn2)cc1. The van der Waals surface area contributed by atoms with Crippen molar-refractivity contribution in [1.29, 1.82) is 0 Å². The minimum atomic E-state index is -0.272. The van der Waals surface area contributed by atoms with E-state index in [0.29, 0.717) is 12.5 Å². The number of hydrogen-bond donors (Lipinski definition) is 1. The lowest BCUT2D eigenvalue weighted by atomic mass is 10.0. The second-order valence-corrected chi connectivity index (χ2v) is 5.80. The summed E-state index contributed by atoms with van der Waals surface area (Å²) in [4.78, 5) is 16.3. The number of amides is 1. The van der Waals surface area contributed by atoms with E-state index in [2.05, 4.69) is 46.6 Å². The normalized spacial score (nSPS) is 10.8. The van der Waals surface area contributed by atoms with Gasteiger partial charge in [-0.15, -0.1) is 5.10 Å². The van der Waals surface area contributed by atoms with E-state index in [1.54, 1.807) is 17.1 Å². The highest BCUT2D eigenvalue weighted by atomic mass is 16.2. The Morgan fingerprint density at radius 1 is 1.17 bits per heavy atom. The van der Waals surface area contributed by atoms with Gasteiger partial charge in [-0.3, -0.25) is 9.78 Å². The predicted octanol–water partition coefficient (Wildman–Crippen LogP) is 2.72. The van der Waals surface area contributed by atoms with Crippen molar-refractivity contribution in [2.45, 2.75) is 26.3 Å².